The van der Waals surface area contributed by atoms with Gasteiger partial charge in [-0.15, -0.1) is 0 Å². The second-order valence-corrected chi connectivity index (χ2v) is 10.7. The molecule has 35 heavy (non-hydrogen) atoms. The average molecular weight is 502 g/mol. The molecule has 0 saturated carbocycles. The molecule has 2 aromatic carbocycles. The maximum Gasteiger partial charge on any atom is 0.407 e. The Balaban J connectivity index is 1.39. The standard InChI is InChI=1S/C27H36ClN3O4/c1-27(2,3)35-26(33)29-20-10-7-13-30(17-20)21-11-12-22(23(28)16-21)25(32)31-14-15-34-24(18-31)19-8-5-4-6-9-19/h4-6,8-9,11-12,16,20,24-25,32H,7,10,13-15,17-18H2,1-3H3,(H,29,33). The van der Waals surface area contributed by atoms with E-state index >= 15 is 0 Å². The lowest BCUT2D eigenvalue weighted by Gasteiger charge is -2.37. The molecule has 2 fully saturated rings. The van der Waals surface area contributed by atoms with Crippen molar-refractivity contribution >= 4 is 23.4 Å². The summed E-state index contributed by atoms with van der Waals surface area (Å²) in [6.45, 7) is 8.91. The Morgan fingerprint density at radius 1 is 1.17 bits per heavy atom. The third-order valence-electron chi connectivity index (χ3n) is 6.38. The fraction of sp³-hybridized carbons (Fsp3) is 0.519. The molecule has 2 aliphatic heterocycles. The van der Waals surface area contributed by atoms with E-state index in [0.29, 0.717) is 36.8 Å². The third kappa shape index (κ3) is 6.88. The topological polar surface area (TPSA) is 74.3 Å². The van der Waals surface area contributed by atoms with Gasteiger partial charge < -0.3 is 24.8 Å². The van der Waals surface area contributed by atoms with Gasteiger partial charge in [0, 0.05) is 48.5 Å². The highest BCUT2D eigenvalue weighted by atomic mass is 35.5. The van der Waals surface area contributed by atoms with Gasteiger partial charge in [0.2, 0.25) is 0 Å². The second-order valence-electron chi connectivity index (χ2n) is 10.3. The first kappa shape index (κ1) is 25.8. The van der Waals surface area contributed by atoms with Gasteiger partial charge in [-0.25, -0.2) is 4.79 Å². The average Bonchev–Trinajstić information content (AvgIpc) is 2.83. The zero-order valence-electron chi connectivity index (χ0n) is 20.7. The van der Waals surface area contributed by atoms with Gasteiger partial charge >= 0.3 is 6.09 Å². The molecule has 190 valence electrons. The Hall–Kier alpha value is -2.32. The van der Waals surface area contributed by atoms with E-state index in [-0.39, 0.29) is 18.2 Å². The second kappa shape index (κ2) is 11.2. The summed E-state index contributed by atoms with van der Waals surface area (Å²) in [4.78, 5) is 16.4. The van der Waals surface area contributed by atoms with Crippen LogP contribution in [0.4, 0.5) is 10.5 Å². The minimum Gasteiger partial charge on any atom is -0.444 e. The van der Waals surface area contributed by atoms with Crippen molar-refractivity contribution in [2.24, 2.45) is 0 Å². The molecule has 8 heteroatoms. The number of amides is 1. The lowest BCUT2D eigenvalue weighted by atomic mass is 10.0. The molecule has 1 amide bonds. The molecule has 2 saturated heterocycles. The number of ether oxygens (including phenoxy) is 2. The fourth-order valence-corrected chi connectivity index (χ4v) is 4.96. The molecule has 4 rings (SSSR count). The van der Waals surface area contributed by atoms with Gasteiger partial charge in [0.15, 0.2) is 0 Å². The molecule has 2 aromatic rings. The van der Waals surface area contributed by atoms with E-state index in [1.54, 1.807) is 0 Å². The number of morpholine rings is 1. The molecule has 0 aromatic heterocycles. The number of aliphatic hydroxyl groups is 1. The van der Waals surface area contributed by atoms with Crippen molar-refractivity contribution in [3.8, 4) is 0 Å². The number of hydrogen-bond acceptors (Lipinski definition) is 6. The number of rotatable bonds is 5. The van der Waals surface area contributed by atoms with Gasteiger partial charge in [-0.2, -0.15) is 0 Å². The normalized spacial score (nSPS) is 22.5. The zero-order valence-corrected chi connectivity index (χ0v) is 21.5. The maximum atomic E-state index is 12.2. The zero-order chi connectivity index (χ0) is 25.0. The molecule has 0 radical (unpaired) electrons. The summed E-state index contributed by atoms with van der Waals surface area (Å²) in [6, 6.07) is 15.9. The first-order valence-corrected chi connectivity index (χ1v) is 12.7. The van der Waals surface area contributed by atoms with Gasteiger partial charge in [-0.3, -0.25) is 4.90 Å². The first-order valence-electron chi connectivity index (χ1n) is 12.3. The molecular weight excluding hydrogens is 466 g/mol. The number of carbonyl (C=O) groups is 1. The summed E-state index contributed by atoms with van der Waals surface area (Å²) >= 11 is 6.68. The Morgan fingerprint density at radius 3 is 2.66 bits per heavy atom. The number of halogens is 1. The molecule has 3 atom stereocenters. The number of alkyl carbamates (subject to hydrolysis) is 1. The highest BCUT2D eigenvalue weighted by Crippen LogP contribution is 2.33. The van der Waals surface area contributed by atoms with E-state index in [0.717, 1.165) is 30.6 Å². The SMILES string of the molecule is CC(C)(C)OC(=O)NC1CCCN(c2ccc(C(O)N3CCOC(c4ccccc4)C3)c(Cl)c2)C1. The molecule has 0 aliphatic carbocycles. The van der Waals surface area contributed by atoms with Gasteiger partial charge in [0.1, 0.15) is 11.8 Å². The number of hydrogen-bond donors (Lipinski definition) is 2. The van der Waals surface area contributed by atoms with Crippen molar-refractivity contribution in [2.45, 2.75) is 57.6 Å². The predicted octanol–water partition coefficient (Wildman–Crippen LogP) is 4.90. The van der Waals surface area contributed by atoms with Crippen LogP contribution in [0.2, 0.25) is 5.02 Å². The van der Waals surface area contributed by atoms with Gasteiger partial charge in [0.05, 0.1) is 12.7 Å². The Kier molecular flexibility index (Phi) is 8.22. The van der Waals surface area contributed by atoms with Crippen LogP contribution in [0.25, 0.3) is 0 Å². The summed E-state index contributed by atoms with van der Waals surface area (Å²) in [6.07, 6.45) is 0.576. The minimum absolute atomic E-state index is 0.00547. The Morgan fingerprint density at radius 2 is 1.94 bits per heavy atom. The van der Waals surface area contributed by atoms with Crippen LogP contribution in [0.1, 0.15) is 57.1 Å². The lowest BCUT2D eigenvalue weighted by molar-refractivity contribution is -0.0967. The van der Waals surface area contributed by atoms with E-state index in [9.17, 15) is 9.90 Å². The van der Waals surface area contributed by atoms with Crippen LogP contribution in [0, 0.1) is 0 Å². The molecule has 2 N–H and O–H groups in total. The van der Waals surface area contributed by atoms with Crippen molar-refractivity contribution in [1.29, 1.82) is 0 Å². The van der Waals surface area contributed by atoms with Crippen LogP contribution >= 0.6 is 11.6 Å². The van der Waals surface area contributed by atoms with Gasteiger partial charge in [0.25, 0.3) is 0 Å². The van der Waals surface area contributed by atoms with Crippen LogP contribution in [-0.2, 0) is 9.47 Å². The predicted molar refractivity (Wildman–Crippen MR) is 138 cm³/mol. The van der Waals surface area contributed by atoms with Crippen molar-refractivity contribution in [2.75, 3.05) is 37.7 Å². The number of anilines is 1. The highest BCUT2D eigenvalue weighted by Gasteiger charge is 2.29. The van der Waals surface area contributed by atoms with Crippen molar-refractivity contribution in [3.63, 3.8) is 0 Å². The van der Waals surface area contributed by atoms with Crippen LogP contribution in [0.3, 0.4) is 0 Å². The summed E-state index contributed by atoms with van der Waals surface area (Å²) in [5.41, 5.74) is 2.24. The molecule has 0 bridgehead atoms. The summed E-state index contributed by atoms with van der Waals surface area (Å²) in [5.74, 6) is 0. The monoisotopic (exact) mass is 501 g/mol. The molecular formula is C27H36ClN3O4. The summed E-state index contributed by atoms with van der Waals surface area (Å²) in [5, 5.41) is 14.7. The number of carbonyl (C=O) groups excluding carboxylic acids is 1. The molecule has 3 unspecified atom stereocenters. The van der Waals surface area contributed by atoms with Gasteiger partial charge in [-0.05, 0) is 51.3 Å². The third-order valence-corrected chi connectivity index (χ3v) is 6.71. The largest absolute Gasteiger partial charge is 0.444 e. The number of benzene rings is 2. The van der Waals surface area contributed by atoms with Crippen LogP contribution < -0.4 is 10.2 Å². The highest BCUT2D eigenvalue weighted by molar-refractivity contribution is 6.31. The smallest absolute Gasteiger partial charge is 0.407 e. The minimum atomic E-state index is -0.811. The number of aliphatic hydroxyl groups excluding tert-OH is 1. The quantitative estimate of drug-likeness (QED) is 0.607. The van der Waals surface area contributed by atoms with E-state index in [4.69, 9.17) is 21.1 Å². The van der Waals surface area contributed by atoms with E-state index < -0.39 is 11.8 Å². The molecule has 0 spiro atoms. The van der Waals surface area contributed by atoms with Crippen molar-refractivity contribution in [1.82, 2.24) is 10.2 Å². The number of nitrogens with one attached hydrogen (secondary N) is 1. The van der Waals surface area contributed by atoms with Crippen LogP contribution in [-0.4, -0.2) is 60.5 Å². The van der Waals surface area contributed by atoms with Crippen LogP contribution in [0.15, 0.2) is 48.5 Å². The fourth-order valence-electron chi connectivity index (χ4n) is 4.68. The van der Waals surface area contributed by atoms with Crippen molar-refractivity contribution in [3.05, 3.63) is 64.7 Å². The van der Waals surface area contributed by atoms with E-state index in [1.807, 2.05) is 74.2 Å². The van der Waals surface area contributed by atoms with E-state index in [2.05, 4.69) is 10.2 Å². The maximum absolute atomic E-state index is 12.2. The van der Waals surface area contributed by atoms with E-state index in [1.165, 1.54) is 0 Å². The number of nitrogens with zero attached hydrogens (tertiary/aromatic N) is 2. The van der Waals surface area contributed by atoms with Gasteiger partial charge in [-0.1, -0.05) is 48.0 Å². The van der Waals surface area contributed by atoms with Crippen LogP contribution in [0.5, 0.6) is 0 Å². The molecule has 2 aliphatic rings. The summed E-state index contributed by atoms with van der Waals surface area (Å²) in [7, 11) is 0. The first-order chi connectivity index (χ1) is 16.7. The Bertz CT molecular complexity index is 998. The van der Waals surface area contributed by atoms with Crippen molar-refractivity contribution < 1.29 is 19.4 Å². The number of piperidine rings is 1. The lowest BCUT2D eigenvalue weighted by Crippen LogP contribution is -2.49. The Labute approximate surface area is 213 Å². The molecule has 2 heterocycles. The summed E-state index contributed by atoms with van der Waals surface area (Å²) < 4.78 is 11.3. The molecule has 7 nitrogen and oxygen atoms in total.